The fourth-order valence-electron chi connectivity index (χ4n) is 3.28. The van der Waals surface area contributed by atoms with Gasteiger partial charge in [-0.1, -0.05) is 66.2 Å². The van der Waals surface area contributed by atoms with E-state index in [1.54, 1.807) is 42.5 Å². The van der Waals surface area contributed by atoms with Crippen LogP contribution in [0.25, 0.3) is 11.1 Å². The Morgan fingerprint density at radius 1 is 0.970 bits per heavy atom. The fraction of sp³-hybridized carbons (Fsp3) is 0.0833. The molecule has 9 heteroatoms. The highest BCUT2D eigenvalue weighted by molar-refractivity contribution is 6.32. The number of hydrogen-bond acceptors (Lipinski definition) is 4. The van der Waals surface area contributed by atoms with Crippen molar-refractivity contribution in [2.45, 2.75) is 6.43 Å². The van der Waals surface area contributed by atoms with E-state index in [-0.39, 0.29) is 5.56 Å². The van der Waals surface area contributed by atoms with E-state index in [2.05, 4.69) is 20.6 Å². The quantitative estimate of drug-likeness (QED) is 0.302. The molecule has 1 aromatic heterocycles. The molecule has 3 aromatic carbocycles. The lowest BCUT2D eigenvalue weighted by atomic mass is 10.0. The van der Waals surface area contributed by atoms with Gasteiger partial charge in [-0.3, -0.25) is 9.48 Å². The van der Waals surface area contributed by atoms with E-state index in [0.29, 0.717) is 27.6 Å². The maximum atomic E-state index is 13.4. The minimum Gasteiger partial charge on any atom is -0.319 e. The number of amides is 1. The lowest BCUT2D eigenvalue weighted by molar-refractivity contribution is 0.101. The Kier molecular flexibility index (Phi) is 6.55. The van der Waals surface area contributed by atoms with Crippen molar-refractivity contribution in [3.63, 3.8) is 0 Å². The van der Waals surface area contributed by atoms with Crippen LogP contribution >= 0.6 is 11.6 Å². The number of aromatic nitrogens is 2. The van der Waals surface area contributed by atoms with Crippen molar-refractivity contribution < 1.29 is 13.6 Å². The van der Waals surface area contributed by atoms with Crippen LogP contribution in [0.4, 0.5) is 25.8 Å². The van der Waals surface area contributed by atoms with Gasteiger partial charge in [0, 0.05) is 18.8 Å². The molecular weight excluding hydrogens is 448 g/mol. The van der Waals surface area contributed by atoms with Gasteiger partial charge in [0.05, 0.1) is 16.3 Å². The number of benzene rings is 3. The molecule has 1 heterocycles. The number of carbonyl (C=O) groups excluding carboxylic acids is 1. The lowest BCUT2D eigenvalue weighted by Crippen LogP contribution is -2.14. The van der Waals surface area contributed by atoms with E-state index in [0.717, 1.165) is 5.56 Å². The SMILES string of the molecule is Cn1cc(C(=O)Nc2c(/N=N/c3ccccc3Cl)cccc2-c2ccccc2)c(C(F)F)n1. The van der Waals surface area contributed by atoms with Gasteiger partial charge in [0.2, 0.25) is 0 Å². The topological polar surface area (TPSA) is 71.6 Å². The van der Waals surface area contributed by atoms with E-state index in [4.69, 9.17) is 11.6 Å². The molecule has 0 aliphatic rings. The summed E-state index contributed by atoms with van der Waals surface area (Å²) in [6.45, 7) is 0. The van der Waals surface area contributed by atoms with E-state index >= 15 is 0 Å². The summed E-state index contributed by atoms with van der Waals surface area (Å²) >= 11 is 6.17. The summed E-state index contributed by atoms with van der Waals surface area (Å²) < 4.78 is 28.0. The number of azo groups is 1. The molecule has 0 bridgehead atoms. The van der Waals surface area contributed by atoms with Crippen molar-refractivity contribution in [2.75, 3.05) is 5.32 Å². The molecule has 0 atom stereocenters. The van der Waals surface area contributed by atoms with Gasteiger partial charge in [-0.25, -0.2) is 8.78 Å². The maximum Gasteiger partial charge on any atom is 0.282 e. The number of rotatable bonds is 6. The van der Waals surface area contributed by atoms with Crippen molar-refractivity contribution in [3.8, 4) is 11.1 Å². The van der Waals surface area contributed by atoms with Gasteiger partial charge in [-0.15, -0.1) is 10.2 Å². The molecule has 6 nitrogen and oxygen atoms in total. The summed E-state index contributed by atoms with van der Waals surface area (Å²) in [5, 5.41) is 15.4. The minimum absolute atomic E-state index is 0.218. The van der Waals surface area contributed by atoms with Crippen molar-refractivity contribution in [1.29, 1.82) is 0 Å². The van der Waals surface area contributed by atoms with Gasteiger partial charge >= 0.3 is 0 Å². The smallest absolute Gasteiger partial charge is 0.282 e. The molecule has 0 saturated carbocycles. The van der Waals surface area contributed by atoms with E-state index in [9.17, 15) is 13.6 Å². The van der Waals surface area contributed by atoms with Crippen LogP contribution in [0.2, 0.25) is 5.02 Å². The second-order valence-electron chi connectivity index (χ2n) is 7.07. The molecule has 0 spiro atoms. The molecule has 0 aliphatic carbocycles. The second-order valence-corrected chi connectivity index (χ2v) is 7.48. The van der Waals surface area contributed by atoms with Crippen molar-refractivity contribution in [3.05, 3.63) is 95.3 Å². The van der Waals surface area contributed by atoms with E-state index in [1.807, 2.05) is 30.3 Å². The van der Waals surface area contributed by atoms with Crippen LogP contribution in [0.3, 0.4) is 0 Å². The Hall–Kier alpha value is -3.91. The number of aryl methyl sites for hydroxylation is 1. The average molecular weight is 466 g/mol. The highest BCUT2D eigenvalue weighted by atomic mass is 35.5. The second kappa shape index (κ2) is 9.70. The standard InChI is InChI=1S/C24H18ClF2N5O/c1-32-14-17(22(31-32)23(26)27)24(33)28-21-16(15-8-3-2-4-9-15)10-7-13-20(21)30-29-19-12-6-5-11-18(19)25/h2-14,23H,1H3,(H,28,33)/b30-29+. The zero-order valence-corrected chi connectivity index (χ0v) is 18.2. The molecule has 166 valence electrons. The van der Waals surface area contributed by atoms with E-state index in [1.165, 1.54) is 17.9 Å². The van der Waals surface area contributed by atoms with Crippen LogP contribution in [-0.2, 0) is 7.05 Å². The molecule has 0 aliphatic heterocycles. The number of hydrogen-bond donors (Lipinski definition) is 1. The van der Waals surface area contributed by atoms with Crippen LogP contribution in [0, 0.1) is 0 Å². The largest absolute Gasteiger partial charge is 0.319 e. The first-order valence-corrected chi connectivity index (χ1v) is 10.3. The van der Waals surface area contributed by atoms with Gasteiger partial charge in [0.1, 0.15) is 17.1 Å². The van der Waals surface area contributed by atoms with E-state index < -0.39 is 18.0 Å². The first-order chi connectivity index (χ1) is 15.9. The number of halogens is 3. The molecule has 1 amide bonds. The number of alkyl halides is 2. The predicted molar refractivity (Wildman–Crippen MR) is 124 cm³/mol. The van der Waals surface area contributed by atoms with Crippen molar-refractivity contribution in [1.82, 2.24) is 9.78 Å². The zero-order chi connectivity index (χ0) is 23.4. The Morgan fingerprint density at radius 2 is 1.64 bits per heavy atom. The number of para-hydroxylation sites is 1. The van der Waals surface area contributed by atoms with Gasteiger partial charge in [-0.2, -0.15) is 5.10 Å². The Bertz CT molecular complexity index is 1320. The van der Waals surface area contributed by atoms with Crippen LogP contribution < -0.4 is 5.32 Å². The first-order valence-electron chi connectivity index (χ1n) is 9.92. The van der Waals surface area contributed by atoms with Crippen molar-refractivity contribution in [2.24, 2.45) is 17.3 Å². The molecule has 0 fully saturated rings. The highest BCUT2D eigenvalue weighted by Crippen LogP contribution is 2.38. The molecule has 33 heavy (non-hydrogen) atoms. The molecule has 1 N–H and O–H groups in total. The number of nitrogens with one attached hydrogen (secondary N) is 1. The van der Waals surface area contributed by atoms with Crippen LogP contribution in [-0.4, -0.2) is 15.7 Å². The summed E-state index contributed by atoms with van der Waals surface area (Å²) in [7, 11) is 1.48. The van der Waals surface area contributed by atoms with Gasteiger partial charge in [0.15, 0.2) is 0 Å². The number of nitrogens with zero attached hydrogens (tertiary/aromatic N) is 4. The molecule has 4 rings (SSSR count). The zero-order valence-electron chi connectivity index (χ0n) is 17.4. The molecule has 0 unspecified atom stereocenters. The molecular formula is C24H18ClF2N5O. The Balaban J connectivity index is 1.79. The third-order valence-corrected chi connectivity index (χ3v) is 5.11. The maximum absolute atomic E-state index is 13.4. The van der Waals surface area contributed by atoms with Gasteiger partial charge < -0.3 is 5.32 Å². The lowest BCUT2D eigenvalue weighted by Gasteiger charge is -2.14. The monoisotopic (exact) mass is 465 g/mol. The summed E-state index contributed by atoms with van der Waals surface area (Å²) in [4.78, 5) is 13.0. The predicted octanol–water partition coefficient (Wildman–Crippen LogP) is 7.35. The highest BCUT2D eigenvalue weighted by Gasteiger charge is 2.24. The Labute approximate surface area is 193 Å². The van der Waals surface area contributed by atoms with Crippen molar-refractivity contribution >= 4 is 34.6 Å². The average Bonchev–Trinajstić information content (AvgIpc) is 3.22. The Morgan fingerprint density at radius 3 is 2.36 bits per heavy atom. The molecule has 0 radical (unpaired) electrons. The summed E-state index contributed by atoms with van der Waals surface area (Å²) in [6.07, 6.45) is -1.64. The summed E-state index contributed by atoms with van der Waals surface area (Å²) in [5.41, 5.74) is 1.77. The van der Waals surface area contributed by atoms with Crippen LogP contribution in [0.15, 0.2) is 89.2 Å². The molecule has 0 saturated heterocycles. The number of anilines is 1. The third-order valence-electron chi connectivity index (χ3n) is 4.79. The van der Waals surface area contributed by atoms with Gasteiger partial charge in [-0.05, 0) is 23.8 Å². The third kappa shape index (κ3) is 4.96. The van der Waals surface area contributed by atoms with Gasteiger partial charge in [0.25, 0.3) is 12.3 Å². The summed E-state index contributed by atoms with van der Waals surface area (Å²) in [5.74, 6) is -0.726. The minimum atomic E-state index is -2.89. The molecule has 4 aromatic rings. The summed E-state index contributed by atoms with van der Waals surface area (Å²) in [6, 6.07) is 21.5. The van der Waals surface area contributed by atoms with Crippen LogP contribution in [0.5, 0.6) is 0 Å². The first kappa shape index (κ1) is 22.3. The normalized spacial score (nSPS) is 11.3. The fourth-order valence-corrected chi connectivity index (χ4v) is 3.45. The van der Waals surface area contributed by atoms with Crippen LogP contribution in [0.1, 0.15) is 22.5 Å². The number of carbonyl (C=O) groups is 1.